The minimum Gasteiger partial charge on any atom is -0.335 e. The summed E-state index contributed by atoms with van der Waals surface area (Å²) in [6.45, 7) is 7.44. The third-order valence-electron chi connectivity index (χ3n) is 5.34. The van der Waals surface area contributed by atoms with E-state index in [0.29, 0.717) is 24.3 Å². The summed E-state index contributed by atoms with van der Waals surface area (Å²) in [7, 11) is 0. The van der Waals surface area contributed by atoms with Crippen molar-refractivity contribution < 1.29 is 9.59 Å². The summed E-state index contributed by atoms with van der Waals surface area (Å²) in [4.78, 5) is 26.4. The molecule has 1 aromatic heterocycles. The van der Waals surface area contributed by atoms with Crippen LogP contribution in [0.4, 0.5) is 14.7 Å². The Kier molecular flexibility index (Phi) is 6.74. The van der Waals surface area contributed by atoms with Crippen LogP contribution in [-0.2, 0) is 5.41 Å². The van der Waals surface area contributed by atoms with E-state index in [2.05, 4.69) is 46.9 Å². The van der Waals surface area contributed by atoms with Gasteiger partial charge in [0.2, 0.25) is 5.13 Å². The molecular formula is C19H32N6O2S. The van der Waals surface area contributed by atoms with E-state index in [-0.39, 0.29) is 23.5 Å². The Morgan fingerprint density at radius 2 is 1.57 bits per heavy atom. The molecule has 1 aromatic rings. The number of amides is 4. The highest BCUT2D eigenvalue weighted by Crippen LogP contribution is 2.28. The first-order chi connectivity index (χ1) is 13.3. The number of hydrogen-bond donors (Lipinski definition) is 3. The van der Waals surface area contributed by atoms with Crippen LogP contribution >= 0.6 is 11.3 Å². The zero-order chi connectivity index (χ0) is 20.1. The summed E-state index contributed by atoms with van der Waals surface area (Å²) in [6, 6.07) is 0.200. The van der Waals surface area contributed by atoms with Gasteiger partial charge in [-0.15, -0.1) is 10.2 Å². The van der Waals surface area contributed by atoms with E-state index in [1.54, 1.807) is 4.90 Å². The third-order valence-corrected chi connectivity index (χ3v) is 6.60. The van der Waals surface area contributed by atoms with Crippen LogP contribution in [0.15, 0.2) is 0 Å². The van der Waals surface area contributed by atoms with Crippen LogP contribution in [-0.4, -0.2) is 52.3 Å². The summed E-state index contributed by atoms with van der Waals surface area (Å²) in [6.07, 6.45) is 7.34. The van der Waals surface area contributed by atoms with Crippen molar-refractivity contribution in [1.29, 1.82) is 0 Å². The highest BCUT2D eigenvalue weighted by atomic mass is 32.1. The molecule has 0 unspecified atom stereocenters. The summed E-state index contributed by atoms with van der Waals surface area (Å²) in [5.74, 6) is 0. The van der Waals surface area contributed by atoms with Gasteiger partial charge >= 0.3 is 12.1 Å². The molecule has 0 atom stereocenters. The van der Waals surface area contributed by atoms with Crippen molar-refractivity contribution in [1.82, 2.24) is 25.7 Å². The maximum atomic E-state index is 12.5. The van der Waals surface area contributed by atoms with Gasteiger partial charge in [0.15, 0.2) is 0 Å². The first kappa shape index (κ1) is 20.8. The van der Waals surface area contributed by atoms with Crippen LogP contribution in [0.2, 0.25) is 0 Å². The average molecular weight is 409 g/mol. The smallest absolute Gasteiger partial charge is 0.323 e. The van der Waals surface area contributed by atoms with Gasteiger partial charge in [0, 0.05) is 30.6 Å². The first-order valence-electron chi connectivity index (χ1n) is 10.3. The summed E-state index contributed by atoms with van der Waals surface area (Å²) < 4.78 is 0. The van der Waals surface area contributed by atoms with Crippen molar-refractivity contribution in [2.24, 2.45) is 0 Å². The molecule has 8 nitrogen and oxygen atoms in total. The maximum Gasteiger partial charge on any atom is 0.323 e. The van der Waals surface area contributed by atoms with Crippen LogP contribution in [0, 0.1) is 0 Å². The molecule has 28 heavy (non-hydrogen) atoms. The van der Waals surface area contributed by atoms with Crippen LogP contribution in [0.3, 0.4) is 0 Å². The fraction of sp³-hybridized carbons (Fsp3) is 0.789. The highest BCUT2D eigenvalue weighted by molar-refractivity contribution is 7.15. The normalized spacial score (nSPS) is 19.3. The molecule has 1 saturated heterocycles. The molecule has 4 amide bonds. The number of aromatic nitrogens is 2. The second kappa shape index (κ2) is 9.07. The minimum atomic E-state index is -0.151. The number of carbonyl (C=O) groups is 2. The number of rotatable bonds is 3. The third kappa shape index (κ3) is 5.80. The molecule has 2 aliphatic rings. The number of urea groups is 2. The second-order valence-corrected chi connectivity index (χ2v) is 9.78. The molecule has 3 rings (SSSR count). The second-order valence-electron chi connectivity index (χ2n) is 8.81. The lowest BCUT2D eigenvalue weighted by Gasteiger charge is -2.32. The summed E-state index contributed by atoms with van der Waals surface area (Å²) in [5, 5.41) is 18.7. The van der Waals surface area contributed by atoms with E-state index in [0.717, 1.165) is 30.7 Å². The first-order valence-corrected chi connectivity index (χ1v) is 11.1. The van der Waals surface area contributed by atoms with Gasteiger partial charge in [0.1, 0.15) is 5.01 Å². The number of likely N-dealkylation sites (tertiary alicyclic amines) is 1. The van der Waals surface area contributed by atoms with Crippen LogP contribution in [0.1, 0.15) is 70.7 Å². The Hall–Kier alpha value is -1.90. The lowest BCUT2D eigenvalue weighted by molar-refractivity contribution is 0.186. The van der Waals surface area contributed by atoms with E-state index < -0.39 is 0 Å². The van der Waals surface area contributed by atoms with Gasteiger partial charge in [-0.1, -0.05) is 51.4 Å². The van der Waals surface area contributed by atoms with Crippen LogP contribution in [0.5, 0.6) is 0 Å². The van der Waals surface area contributed by atoms with Gasteiger partial charge in [-0.05, 0) is 25.7 Å². The molecule has 0 radical (unpaired) electrons. The van der Waals surface area contributed by atoms with Gasteiger partial charge in [-0.25, -0.2) is 9.59 Å². The molecule has 1 saturated carbocycles. The molecule has 0 spiro atoms. The van der Waals surface area contributed by atoms with Crippen molar-refractivity contribution in [2.75, 3.05) is 18.4 Å². The number of anilines is 1. The quantitative estimate of drug-likeness (QED) is 0.713. The number of carbonyl (C=O) groups excluding carboxylic acids is 2. The standard InChI is InChI=1S/C19H32N6O2S/c1-19(2,3)15-23-24-17(28-15)22-18(27)25-11-9-14(10-12-25)21-16(26)20-13-7-5-4-6-8-13/h13-14H,4-12H2,1-3H3,(H2,20,21,26)(H,22,24,27). The topological polar surface area (TPSA) is 99.2 Å². The van der Waals surface area contributed by atoms with Gasteiger partial charge < -0.3 is 15.5 Å². The minimum absolute atomic E-state index is 0.0710. The van der Waals surface area contributed by atoms with Crippen molar-refractivity contribution >= 4 is 28.5 Å². The zero-order valence-corrected chi connectivity index (χ0v) is 17.9. The highest BCUT2D eigenvalue weighted by Gasteiger charge is 2.26. The fourth-order valence-electron chi connectivity index (χ4n) is 3.63. The number of piperidine rings is 1. The lowest BCUT2D eigenvalue weighted by atomic mass is 9.96. The number of nitrogens with zero attached hydrogens (tertiary/aromatic N) is 3. The van der Waals surface area contributed by atoms with Gasteiger partial charge in [0.05, 0.1) is 0 Å². The average Bonchev–Trinajstić information content (AvgIpc) is 3.12. The molecule has 1 aliphatic carbocycles. The number of hydrogen-bond acceptors (Lipinski definition) is 5. The molecule has 2 fully saturated rings. The fourth-order valence-corrected chi connectivity index (χ4v) is 4.42. The molecule has 9 heteroatoms. The van der Waals surface area contributed by atoms with E-state index >= 15 is 0 Å². The van der Waals surface area contributed by atoms with Crippen LogP contribution < -0.4 is 16.0 Å². The maximum absolute atomic E-state index is 12.5. The molecule has 1 aliphatic heterocycles. The summed E-state index contributed by atoms with van der Waals surface area (Å²) >= 11 is 1.41. The molecule has 0 bridgehead atoms. The van der Waals surface area contributed by atoms with Crippen molar-refractivity contribution in [3.05, 3.63) is 5.01 Å². The SMILES string of the molecule is CC(C)(C)c1nnc(NC(=O)N2CCC(NC(=O)NC3CCCCC3)CC2)s1. The Labute approximate surface area is 170 Å². The van der Waals surface area contributed by atoms with E-state index in [1.807, 2.05) is 0 Å². The Morgan fingerprint density at radius 3 is 2.14 bits per heavy atom. The Balaban J connectivity index is 1.40. The Morgan fingerprint density at radius 1 is 0.964 bits per heavy atom. The predicted octanol–water partition coefficient (Wildman–Crippen LogP) is 3.46. The molecular weight excluding hydrogens is 376 g/mol. The van der Waals surface area contributed by atoms with Crippen molar-refractivity contribution in [3.8, 4) is 0 Å². The molecule has 3 N–H and O–H groups in total. The number of nitrogens with one attached hydrogen (secondary N) is 3. The molecule has 2 heterocycles. The van der Waals surface area contributed by atoms with Crippen molar-refractivity contribution in [2.45, 2.75) is 83.2 Å². The molecule has 0 aromatic carbocycles. The van der Waals surface area contributed by atoms with Gasteiger partial charge in [0.25, 0.3) is 0 Å². The van der Waals surface area contributed by atoms with E-state index in [4.69, 9.17) is 0 Å². The van der Waals surface area contributed by atoms with E-state index in [9.17, 15) is 9.59 Å². The monoisotopic (exact) mass is 408 g/mol. The van der Waals surface area contributed by atoms with Gasteiger partial charge in [-0.3, -0.25) is 5.32 Å². The largest absolute Gasteiger partial charge is 0.335 e. The molecule has 156 valence electrons. The van der Waals surface area contributed by atoms with Crippen molar-refractivity contribution in [3.63, 3.8) is 0 Å². The zero-order valence-electron chi connectivity index (χ0n) is 17.1. The van der Waals surface area contributed by atoms with Gasteiger partial charge in [-0.2, -0.15) is 0 Å². The van der Waals surface area contributed by atoms with Crippen LogP contribution in [0.25, 0.3) is 0 Å². The van der Waals surface area contributed by atoms with E-state index in [1.165, 1.54) is 30.6 Å². The summed E-state index contributed by atoms with van der Waals surface area (Å²) in [5.41, 5.74) is -0.0805. The predicted molar refractivity (Wildman–Crippen MR) is 111 cm³/mol. The Bertz CT molecular complexity index is 672. The lowest BCUT2D eigenvalue weighted by Crippen LogP contribution is -2.51.